The number of rotatable bonds is 4. The van der Waals surface area contributed by atoms with Crippen LogP contribution in [-0.4, -0.2) is 24.3 Å². The summed E-state index contributed by atoms with van der Waals surface area (Å²) in [6.07, 6.45) is 2.37. The minimum Gasteiger partial charge on any atom is -0.369 e. The lowest BCUT2D eigenvalue weighted by Gasteiger charge is -2.36. The molecule has 0 saturated carbocycles. The fraction of sp³-hybridized carbons (Fsp3) is 1.00. The minimum atomic E-state index is -0.0133. The first-order valence-corrected chi connectivity index (χ1v) is 6.61. The van der Waals surface area contributed by atoms with Gasteiger partial charge in [-0.3, -0.25) is 0 Å². The van der Waals surface area contributed by atoms with Gasteiger partial charge in [0.25, 0.3) is 0 Å². The number of hydrogen-bond acceptors (Lipinski definition) is 2. The van der Waals surface area contributed by atoms with Crippen LogP contribution < -0.4 is 5.32 Å². The number of ether oxygens (including phenoxy) is 1. The summed E-state index contributed by atoms with van der Waals surface area (Å²) in [7, 11) is 2.08. The van der Waals surface area contributed by atoms with E-state index < -0.39 is 0 Å². The molecule has 96 valence electrons. The summed E-state index contributed by atoms with van der Waals surface area (Å²) in [5.41, 5.74) is 0.0112. The molecule has 16 heavy (non-hydrogen) atoms. The van der Waals surface area contributed by atoms with Gasteiger partial charge in [0, 0.05) is 12.0 Å². The molecule has 0 aliphatic carbocycles. The van der Waals surface area contributed by atoms with E-state index >= 15 is 0 Å². The molecule has 0 aromatic heterocycles. The van der Waals surface area contributed by atoms with Crippen LogP contribution >= 0.6 is 0 Å². The molecule has 1 N–H and O–H groups in total. The fourth-order valence-corrected chi connectivity index (χ4v) is 3.30. The van der Waals surface area contributed by atoms with Crippen LogP contribution in [0.4, 0.5) is 0 Å². The van der Waals surface area contributed by atoms with Gasteiger partial charge in [-0.15, -0.1) is 0 Å². The summed E-state index contributed by atoms with van der Waals surface area (Å²) < 4.78 is 6.19. The fourth-order valence-electron chi connectivity index (χ4n) is 3.30. The third-order valence-electron chi connectivity index (χ3n) is 4.17. The second kappa shape index (κ2) is 4.66. The Bertz CT molecular complexity index is 235. The van der Waals surface area contributed by atoms with Gasteiger partial charge in [0.1, 0.15) is 0 Å². The molecule has 1 rings (SSSR count). The van der Waals surface area contributed by atoms with E-state index in [0.717, 1.165) is 6.42 Å². The average Bonchev–Trinajstić information content (AvgIpc) is 2.36. The lowest BCUT2D eigenvalue weighted by atomic mass is 9.76. The third kappa shape index (κ3) is 2.78. The maximum Gasteiger partial charge on any atom is 0.0677 e. The van der Waals surface area contributed by atoms with Crippen LogP contribution in [0.5, 0.6) is 0 Å². The molecule has 0 radical (unpaired) electrons. The summed E-state index contributed by atoms with van der Waals surface area (Å²) in [6, 6.07) is 0.557. The molecular weight excluding hydrogens is 198 g/mol. The predicted molar refractivity (Wildman–Crippen MR) is 69.7 cm³/mol. The van der Waals surface area contributed by atoms with Crippen LogP contribution in [0.25, 0.3) is 0 Å². The van der Waals surface area contributed by atoms with Crippen molar-refractivity contribution in [3.8, 4) is 0 Å². The summed E-state index contributed by atoms with van der Waals surface area (Å²) in [4.78, 5) is 0. The second-order valence-corrected chi connectivity index (χ2v) is 6.48. The molecule has 0 aromatic rings. The lowest BCUT2D eigenvalue weighted by Crippen LogP contribution is -2.46. The Balaban J connectivity index is 2.85. The Hall–Kier alpha value is -0.0800. The van der Waals surface area contributed by atoms with Crippen LogP contribution in [-0.2, 0) is 4.74 Å². The van der Waals surface area contributed by atoms with Gasteiger partial charge in [-0.25, -0.2) is 0 Å². The molecule has 2 heteroatoms. The van der Waals surface area contributed by atoms with Crippen molar-refractivity contribution in [2.45, 2.75) is 71.6 Å². The molecule has 2 nitrogen and oxygen atoms in total. The molecule has 1 saturated heterocycles. The van der Waals surface area contributed by atoms with Crippen molar-refractivity contribution in [1.29, 1.82) is 0 Å². The van der Waals surface area contributed by atoms with Gasteiger partial charge in [-0.05, 0) is 47.1 Å². The monoisotopic (exact) mass is 227 g/mol. The van der Waals surface area contributed by atoms with Crippen molar-refractivity contribution < 1.29 is 4.74 Å². The van der Waals surface area contributed by atoms with Gasteiger partial charge in [-0.1, -0.05) is 20.3 Å². The van der Waals surface area contributed by atoms with E-state index in [1.807, 2.05) is 0 Å². The van der Waals surface area contributed by atoms with Crippen molar-refractivity contribution in [2.24, 2.45) is 11.8 Å². The Morgan fingerprint density at radius 3 is 2.19 bits per heavy atom. The Morgan fingerprint density at radius 2 is 1.88 bits per heavy atom. The molecule has 1 aliphatic heterocycles. The molecule has 3 atom stereocenters. The summed E-state index contributed by atoms with van der Waals surface area (Å²) in [5, 5.41) is 3.51. The molecular formula is C14H29NO. The quantitative estimate of drug-likeness (QED) is 0.796. The Kier molecular flexibility index (Phi) is 4.07. The Morgan fingerprint density at radius 1 is 1.31 bits per heavy atom. The van der Waals surface area contributed by atoms with Gasteiger partial charge in [-0.2, -0.15) is 0 Å². The third-order valence-corrected chi connectivity index (χ3v) is 4.17. The van der Waals surface area contributed by atoms with E-state index in [1.54, 1.807) is 0 Å². The van der Waals surface area contributed by atoms with Crippen molar-refractivity contribution >= 4 is 0 Å². The van der Waals surface area contributed by atoms with Gasteiger partial charge in [0.05, 0.1) is 11.2 Å². The SMILES string of the molecule is CCC(C)C(NC)C1CC(C)(C)OC1(C)C. The Labute approximate surface area is 101 Å². The van der Waals surface area contributed by atoms with E-state index in [9.17, 15) is 0 Å². The molecule has 0 bridgehead atoms. The molecule has 0 spiro atoms. The topological polar surface area (TPSA) is 21.3 Å². The summed E-state index contributed by atoms with van der Waals surface area (Å²) in [5.74, 6) is 1.30. The maximum atomic E-state index is 6.19. The van der Waals surface area contributed by atoms with Gasteiger partial charge < -0.3 is 10.1 Å². The predicted octanol–water partition coefficient (Wildman–Crippen LogP) is 3.21. The summed E-state index contributed by atoms with van der Waals surface area (Å²) in [6.45, 7) is 13.5. The van der Waals surface area contributed by atoms with Gasteiger partial charge >= 0.3 is 0 Å². The van der Waals surface area contributed by atoms with Crippen molar-refractivity contribution in [1.82, 2.24) is 5.32 Å². The zero-order valence-electron chi connectivity index (χ0n) is 12.1. The van der Waals surface area contributed by atoms with E-state index in [4.69, 9.17) is 4.74 Å². The molecule has 3 unspecified atom stereocenters. The van der Waals surface area contributed by atoms with Crippen LogP contribution in [0.2, 0.25) is 0 Å². The highest BCUT2D eigenvalue weighted by molar-refractivity contribution is 5.00. The van der Waals surface area contributed by atoms with Gasteiger partial charge in [0.2, 0.25) is 0 Å². The smallest absolute Gasteiger partial charge is 0.0677 e. The second-order valence-electron chi connectivity index (χ2n) is 6.48. The van der Waals surface area contributed by atoms with E-state index in [1.165, 1.54) is 6.42 Å². The standard InChI is InChI=1S/C14H29NO/c1-8-10(2)12(15-7)11-9-13(3,4)16-14(11,5)6/h10-12,15H,8-9H2,1-7H3. The van der Waals surface area contributed by atoms with Crippen LogP contribution in [0, 0.1) is 11.8 Å². The first-order valence-electron chi connectivity index (χ1n) is 6.61. The number of hydrogen-bond donors (Lipinski definition) is 1. The molecule has 0 amide bonds. The lowest BCUT2D eigenvalue weighted by molar-refractivity contribution is -0.0791. The maximum absolute atomic E-state index is 6.19. The highest BCUT2D eigenvalue weighted by Gasteiger charge is 2.49. The highest BCUT2D eigenvalue weighted by Crippen LogP contribution is 2.45. The van der Waals surface area contributed by atoms with Crippen molar-refractivity contribution in [3.63, 3.8) is 0 Å². The first-order chi connectivity index (χ1) is 7.23. The molecule has 1 fully saturated rings. The minimum absolute atomic E-state index is 0.0133. The van der Waals surface area contributed by atoms with Crippen LogP contribution in [0.1, 0.15) is 54.4 Å². The van der Waals surface area contributed by atoms with Crippen molar-refractivity contribution in [2.75, 3.05) is 7.05 Å². The van der Waals surface area contributed by atoms with Crippen molar-refractivity contribution in [3.05, 3.63) is 0 Å². The van der Waals surface area contributed by atoms with Gasteiger partial charge in [0.15, 0.2) is 0 Å². The summed E-state index contributed by atoms with van der Waals surface area (Å²) >= 11 is 0. The van der Waals surface area contributed by atoms with Crippen LogP contribution in [0.3, 0.4) is 0 Å². The normalized spacial score (nSPS) is 31.3. The first kappa shape index (κ1) is 14.0. The van der Waals surface area contributed by atoms with E-state index in [-0.39, 0.29) is 11.2 Å². The van der Waals surface area contributed by atoms with Crippen LogP contribution in [0.15, 0.2) is 0 Å². The van der Waals surface area contributed by atoms with E-state index in [2.05, 4.69) is 53.9 Å². The largest absolute Gasteiger partial charge is 0.369 e. The number of nitrogens with one attached hydrogen (secondary N) is 1. The zero-order chi connectivity index (χ0) is 12.6. The molecule has 1 heterocycles. The molecule has 1 aliphatic rings. The molecule has 0 aromatic carbocycles. The van der Waals surface area contributed by atoms with E-state index in [0.29, 0.717) is 17.9 Å². The zero-order valence-corrected chi connectivity index (χ0v) is 12.1. The highest BCUT2D eigenvalue weighted by atomic mass is 16.5. The average molecular weight is 227 g/mol.